The molecule has 1 aliphatic rings. The molecule has 1 unspecified atom stereocenters. The quantitative estimate of drug-likeness (QED) is 0.531. The molecule has 9 heteroatoms. The lowest BCUT2D eigenvalue weighted by Gasteiger charge is -2.24. The SMILES string of the molecule is Cc1csc(Sc2ccc(C(=O)NCC(C)N(C)C3CC3)cc2[N+](=O)[O-])n1. The van der Waals surface area contributed by atoms with Gasteiger partial charge >= 0.3 is 0 Å². The third-order valence-electron chi connectivity index (χ3n) is 4.59. The zero-order valence-electron chi connectivity index (χ0n) is 15.5. The van der Waals surface area contributed by atoms with E-state index in [1.54, 1.807) is 12.1 Å². The van der Waals surface area contributed by atoms with E-state index < -0.39 is 4.92 Å². The van der Waals surface area contributed by atoms with Crippen LogP contribution in [-0.4, -0.2) is 46.4 Å². The van der Waals surface area contributed by atoms with E-state index >= 15 is 0 Å². The smallest absolute Gasteiger partial charge is 0.284 e. The molecule has 0 saturated heterocycles. The van der Waals surface area contributed by atoms with Crippen LogP contribution in [0.4, 0.5) is 5.69 Å². The molecule has 0 radical (unpaired) electrons. The summed E-state index contributed by atoms with van der Waals surface area (Å²) in [6.07, 6.45) is 2.41. The summed E-state index contributed by atoms with van der Waals surface area (Å²) >= 11 is 2.69. The third-order valence-corrected chi connectivity index (χ3v) is 6.71. The lowest BCUT2D eigenvalue weighted by atomic mass is 10.2. The van der Waals surface area contributed by atoms with Gasteiger partial charge in [-0.2, -0.15) is 0 Å². The van der Waals surface area contributed by atoms with E-state index in [0.29, 0.717) is 23.0 Å². The van der Waals surface area contributed by atoms with Crippen molar-refractivity contribution in [2.75, 3.05) is 13.6 Å². The molecule has 1 N–H and O–H groups in total. The molecule has 1 atom stereocenters. The number of thiazole rings is 1. The first-order valence-electron chi connectivity index (χ1n) is 8.73. The Morgan fingerprint density at radius 3 is 2.85 bits per heavy atom. The fourth-order valence-electron chi connectivity index (χ4n) is 2.69. The zero-order valence-corrected chi connectivity index (χ0v) is 17.1. The van der Waals surface area contributed by atoms with Gasteiger partial charge in [0, 0.05) is 41.3 Å². The van der Waals surface area contributed by atoms with Gasteiger partial charge in [-0.3, -0.25) is 19.8 Å². The number of nitrogens with zero attached hydrogens (tertiary/aromatic N) is 3. The van der Waals surface area contributed by atoms with Crippen LogP contribution in [0.25, 0.3) is 0 Å². The number of nitro benzene ring substituents is 1. The standard InChI is InChI=1S/C18H22N4O3S2/c1-11-10-26-18(20-11)27-16-7-4-13(8-15(16)22(24)25)17(23)19-9-12(2)21(3)14-5-6-14/h4,7-8,10,12,14H,5-6,9H2,1-3H3,(H,19,23). The molecule has 1 aromatic heterocycles. The summed E-state index contributed by atoms with van der Waals surface area (Å²) in [5, 5.41) is 16.2. The van der Waals surface area contributed by atoms with Crippen molar-refractivity contribution in [3.8, 4) is 0 Å². The van der Waals surface area contributed by atoms with Crippen LogP contribution < -0.4 is 5.32 Å². The summed E-state index contributed by atoms with van der Waals surface area (Å²) in [4.78, 5) is 30.5. The van der Waals surface area contributed by atoms with Crippen LogP contribution in [0, 0.1) is 17.0 Å². The number of hydrogen-bond donors (Lipinski definition) is 1. The van der Waals surface area contributed by atoms with E-state index in [9.17, 15) is 14.9 Å². The summed E-state index contributed by atoms with van der Waals surface area (Å²) in [6, 6.07) is 5.42. The molecule has 2 aromatic rings. The highest BCUT2D eigenvalue weighted by molar-refractivity contribution is 8.01. The second-order valence-corrected chi connectivity index (χ2v) is 8.90. The van der Waals surface area contributed by atoms with Crippen molar-refractivity contribution in [1.29, 1.82) is 0 Å². The Balaban J connectivity index is 1.68. The lowest BCUT2D eigenvalue weighted by molar-refractivity contribution is -0.387. The van der Waals surface area contributed by atoms with Crippen molar-refractivity contribution in [3.05, 3.63) is 45.0 Å². The van der Waals surface area contributed by atoms with Gasteiger partial charge in [-0.25, -0.2) is 4.98 Å². The van der Waals surface area contributed by atoms with Gasteiger partial charge < -0.3 is 5.32 Å². The van der Waals surface area contributed by atoms with E-state index in [2.05, 4.69) is 29.2 Å². The van der Waals surface area contributed by atoms with E-state index in [-0.39, 0.29) is 17.6 Å². The molecule has 1 aromatic carbocycles. The van der Waals surface area contributed by atoms with Crippen LogP contribution in [0.5, 0.6) is 0 Å². The number of aryl methyl sites for hydroxylation is 1. The fraction of sp³-hybridized carbons (Fsp3) is 0.444. The number of amides is 1. The number of nitro groups is 1. The van der Waals surface area contributed by atoms with Crippen LogP contribution in [0.15, 0.2) is 32.8 Å². The van der Waals surface area contributed by atoms with Gasteiger partial charge in [0.05, 0.1) is 9.82 Å². The molecule has 7 nitrogen and oxygen atoms in total. The van der Waals surface area contributed by atoms with Crippen LogP contribution >= 0.6 is 23.1 Å². The van der Waals surface area contributed by atoms with Crippen LogP contribution in [0.1, 0.15) is 35.8 Å². The normalized spacial score (nSPS) is 15.0. The molecule has 1 heterocycles. The minimum absolute atomic E-state index is 0.0800. The molecule has 1 aliphatic carbocycles. The molecule has 3 rings (SSSR count). The summed E-state index contributed by atoms with van der Waals surface area (Å²) in [6.45, 7) is 4.45. The Morgan fingerprint density at radius 2 is 2.26 bits per heavy atom. The summed E-state index contributed by atoms with van der Waals surface area (Å²) in [5.41, 5.74) is 1.10. The number of rotatable bonds is 8. The number of carbonyl (C=O) groups is 1. The monoisotopic (exact) mass is 406 g/mol. The van der Waals surface area contributed by atoms with Crippen molar-refractivity contribution in [2.45, 2.75) is 48.0 Å². The van der Waals surface area contributed by atoms with Crippen molar-refractivity contribution in [3.63, 3.8) is 0 Å². The van der Waals surface area contributed by atoms with Crippen molar-refractivity contribution >= 4 is 34.7 Å². The summed E-state index contributed by atoms with van der Waals surface area (Å²) < 4.78 is 0.740. The fourth-order valence-corrected chi connectivity index (χ4v) is 4.57. The molecular formula is C18H22N4O3S2. The second kappa shape index (κ2) is 8.37. The molecular weight excluding hydrogens is 384 g/mol. The van der Waals surface area contributed by atoms with Gasteiger partial charge in [0.15, 0.2) is 4.34 Å². The molecule has 0 bridgehead atoms. The predicted octanol–water partition coefficient (Wildman–Crippen LogP) is 3.72. The molecule has 144 valence electrons. The molecule has 1 fully saturated rings. The summed E-state index contributed by atoms with van der Waals surface area (Å²) in [5.74, 6) is -0.296. The molecule has 1 amide bonds. The molecule has 0 spiro atoms. The van der Waals surface area contributed by atoms with E-state index in [1.807, 2.05) is 12.3 Å². The number of benzene rings is 1. The van der Waals surface area contributed by atoms with Gasteiger partial charge in [-0.1, -0.05) is 11.8 Å². The first-order chi connectivity index (χ1) is 12.8. The summed E-state index contributed by atoms with van der Waals surface area (Å²) in [7, 11) is 2.06. The number of aromatic nitrogens is 1. The minimum Gasteiger partial charge on any atom is -0.350 e. The maximum atomic E-state index is 12.4. The number of likely N-dealkylation sites (N-methyl/N-ethyl adjacent to an activating group) is 1. The number of nitrogens with one attached hydrogen (secondary N) is 1. The molecule has 27 heavy (non-hydrogen) atoms. The zero-order chi connectivity index (χ0) is 19.6. The van der Waals surface area contributed by atoms with Gasteiger partial charge in [-0.05, 0) is 45.9 Å². The maximum absolute atomic E-state index is 12.4. The van der Waals surface area contributed by atoms with Crippen LogP contribution in [0.2, 0.25) is 0 Å². The maximum Gasteiger partial charge on any atom is 0.284 e. The lowest BCUT2D eigenvalue weighted by Crippen LogP contribution is -2.41. The van der Waals surface area contributed by atoms with E-state index in [4.69, 9.17) is 0 Å². The van der Waals surface area contributed by atoms with Crippen molar-refractivity contribution in [2.24, 2.45) is 0 Å². The van der Waals surface area contributed by atoms with Crippen molar-refractivity contribution < 1.29 is 9.72 Å². The van der Waals surface area contributed by atoms with Crippen molar-refractivity contribution in [1.82, 2.24) is 15.2 Å². The Morgan fingerprint density at radius 1 is 1.52 bits per heavy atom. The molecule has 1 saturated carbocycles. The highest BCUT2D eigenvalue weighted by Gasteiger charge is 2.29. The van der Waals surface area contributed by atoms with Crippen LogP contribution in [-0.2, 0) is 0 Å². The highest BCUT2D eigenvalue weighted by Crippen LogP contribution is 2.36. The Bertz CT molecular complexity index is 851. The predicted molar refractivity (Wildman–Crippen MR) is 107 cm³/mol. The van der Waals surface area contributed by atoms with Gasteiger partial charge in [0.2, 0.25) is 0 Å². The first-order valence-corrected chi connectivity index (χ1v) is 10.4. The molecule has 0 aliphatic heterocycles. The topological polar surface area (TPSA) is 88.4 Å². The Kier molecular flexibility index (Phi) is 6.13. The van der Waals surface area contributed by atoms with E-state index in [0.717, 1.165) is 10.0 Å². The Labute approximate surface area is 166 Å². The third kappa shape index (κ3) is 5.06. The minimum atomic E-state index is -0.455. The Hall–Kier alpha value is -1.97. The van der Waals surface area contributed by atoms with Gasteiger partial charge in [0.25, 0.3) is 11.6 Å². The van der Waals surface area contributed by atoms with Crippen LogP contribution in [0.3, 0.4) is 0 Å². The average Bonchev–Trinajstić information content (AvgIpc) is 3.41. The number of carbonyl (C=O) groups excluding carboxylic acids is 1. The second-order valence-electron chi connectivity index (χ2n) is 6.75. The average molecular weight is 407 g/mol. The van der Waals surface area contributed by atoms with Gasteiger partial charge in [0.1, 0.15) is 0 Å². The number of hydrogen-bond acceptors (Lipinski definition) is 7. The highest BCUT2D eigenvalue weighted by atomic mass is 32.2. The van der Waals surface area contributed by atoms with E-state index in [1.165, 1.54) is 42.0 Å². The first kappa shape index (κ1) is 19.8. The largest absolute Gasteiger partial charge is 0.350 e. The van der Waals surface area contributed by atoms with Gasteiger partial charge in [-0.15, -0.1) is 11.3 Å².